The van der Waals surface area contributed by atoms with E-state index in [0.29, 0.717) is 0 Å². The number of benzene rings is 6. The highest BCUT2D eigenvalue weighted by Crippen LogP contribution is 2.56. The van der Waals surface area contributed by atoms with Gasteiger partial charge in [-0.15, -0.1) is 22.7 Å². The van der Waals surface area contributed by atoms with Gasteiger partial charge < -0.3 is 14.7 Å². The average Bonchev–Trinajstić information content (AvgIpc) is 4.07. The highest BCUT2D eigenvalue weighted by molar-refractivity contribution is 8.00. The molecule has 72 heavy (non-hydrogen) atoms. The first-order chi connectivity index (χ1) is 35.5. The van der Waals surface area contributed by atoms with E-state index in [9.17, 15) is 4.79 Å². The third-order valence-corrected chi connectivity index (χ3v) is 20.1. The molecule has 2 aromatic heterocycles. The maximum Gasteiger partial charge on any atom is 0.160 e. The summed E-state index contributed by atoms with van der Waals surface area (Å²) >= 11 is 9.14. The molecule has 4 nitrogen and oxygen atoms in total. The van der Waals surface area contributed by atoms with Crippen LogP contribution in [0.2, 0.25) is 0 Å². The van der Waals surface area contributed by atoms with E-state index >= 15 is 0 Å². The zero-order valence-corrected chi connectivity index (χ0v) is 45.8. The first-order valence-corrected chi connectivity index (χ1v) is 30.4. The summed E-state index contributed by atoms with van der Waals surface area (Å²) in [7, 11) is 0. The predicted octanol–water partition coefficient (Wildman–Crippen LogP) is 20.8. The lowest BCUT2D eigenvalue weighted by molar-refractivity contribution is 0.112. The van der Waals surface area contributed by atoms with Gasteiger partial charge in [-0.25, -0.2) is 0 Å². The molecule has 9 heteroatoms. The molecule has 366 valence electrons. The van der Waals surface area contributed by atoms with Crippen molar-refractivity contribution in [3.8, 4) is 42.4 Å². The van der Waals surface area contributed by atoms with E-state index in [1.807, 2.05) is 46.6 Å². The molecule has 0 atom stereocenters. The van der Waals surface area contributed by atoms with E-state index in [0.717, 1.165) is 53.2 Å². The van der Waals surface area contributed by atoms with Gasteiger partial charge in [0.2, 0.25) is 0 Å². The fourth-order valence-electron chi connectivity index (χ4n) is 10.6. The van der Waals surface area contributed by atoms with E-state index in [1.165, 1.54) is 161 Å². The van der Waals surface area contributed by atoms with Crippen molar-refractivity contribution in [2.45, 2.75) is 127 Å². The lowest BCUT2D eigenvalue weighted by Crippen LogP contribution is -2.22. The number of aldehydes is 1. The van der Waals surface area contributed by atoms with Crippen molar-refractivity contribution >= 4 is 98.4 Å². The third-order valence-electron chi connectivity index (χ3n) is 14.3. The molecular weight excluding hydrogens is 975 g/mol. The molecule has 0 amide bonds. The lowest BCUT2D eigenvalue weighted by atomic mass is 10.00. The summed E-state index contributed by atoms with van der Waals surface area (Å²) in [5, 5.41) is 0. The van der Waals surface area contributed by atoms with Crippen LogP contribution in [0.5, 0.6) is 0 Å². The molecule has 0 spiro atoms. The minimum Gasteiger partial charge on any atom is -0.340 e. The van der Waals surface area contributed by atoms with Crippen molar-refractivity contribution in [2.24, 2.45) is 0 Å². The molecule has 0 saturated carbocycles. The summed E-state index contributed by atoms with van der Waals surface area (Å²) in [6.07, 6.45) is 15.7. The van der Waals surface area contributed by atoms with Gasteiger partial charge in [0.1, 0.15) is 0 Å². The minimum absolute atomic E-state index is 0.746. The Labute approximate surface area is 448 Å². The fraction of sp³-hybridized carbons (Fsp3) is 0.286. The van der Waals surface area contributed by atoms with E-state index in [2.05, 4.69) is 175 Å². The number of fused-ring (bicyclic) bond motifs is 6. The van der Waals surface area contributed by atoms with Crippen LogP contribution in [0.1, 0.15) is 107 Å². The van der Waals surface area contributed by atoms with Crippen molar-refractivity contribution in [1.29, 1.82) is 0 Å². The Morgan fingerprint density at radius 1 is 0.375 bits per heavy atom. The van der Waals surface area contributed by atoms with E-state index in [1.54, 1.807) is 11.3 Å². The fourth-order valence-corrected chi connectivity index (χ4v) is 16.3. The largest absolute Gasteiger partial charge is 0.340 e. The molecule has 3 aliphatic rings. The van der Waals surface area contributed by atoms with Crippen LogP contribution in [0.4, 0.5) is 34.1 Å². The molecule has 0 saturated heterocycles. The standard InChI is InChI=1S/C63H63N3OS5/c1-4-7-10-19-34-64-49-22-13-16-25-55(49)69-58-37-43(28-31-52(58)64)47-40-46(42-67)68-63(47)61-41-48(44-29-32-53-59(38-44)70-56-26-17-14-23-50(56)65(53)35-20-11-8-5-2)62(72-61)45-30-33-54-60(39-45)71-57-27-18-15-24-51(57)66(54)36-21-12-9-6-3/h13-18,22-33,37-42H,4-12,19-21,34-36H2,1-3H3. The Bertz CT molecular complexity index is 3090. The van der Waals surface area contributed by atoms with Gasteiger partial charge in [-0.2, -0.15) is 0 Å². The summed E-state index contributed by atoms with van der Waals surface area (Å²) < 4.78 is 0. The number of hydrogen-bond donors (Lipinski definition) is 0. The number of nitrogens with zero attached hydrogens (tertiary/aromatic N) is 3. The maximum absolute atomic E-state index is 12.8. The molecule has 0 bridgehead atoms. The Kier molecular flexibility index (Phi) is 15.4. The second-order valence-electron chi connectivity index (χ2n) is 19.3. The highest BCUT2D eigenvalue weighted by atomic mass is 32.2. The summed E-state index contributed by atoms with van der Waals surface area (Å²) in [6.45, 7) is 9.87. The van der Waals surface area contributed by atoms with Crippen LogP contribution in [0.25, 0.3) is 42.4 Å². The Morgan fingerprint density at radius 2 is 0.764 bits per heavy atom. The van der Waals surface area contributed by atoms with Gasteiger partial charge >= 0.3 is 0 Å². The van der Waals surface area contributed by atoms with Crippen LogP contribution in [-0.2, 0) is 0 Å². The SMILES string of the molecule is CCCCCCN1c2ccccc2Sc2cc(-c3cc(-c4sc(C=O)cc4-c4ccc5c(c4)Sc4ccccc4N5CCCCCC)sc3-c3ccc4c(c3)Sc3ccccc3N4CCCCCC)ccc21. The van der Waals surface area contributed by atoms with Crippen molar-refractivity contribution < 1.29 is 4.79 Å². The van der Waals surface area contributed by atoms with Gasteiger partial charge in [0.15, 0.2) is 6.29 Å². The van der Waals surface area contributed by atoms with Gasteiger partial charge in [-0.05, 0) is 121 Å². The molecule has 11 rings (SSSR count). The Morgan fingerprint density at radius 3 is 1.19 bits per heavy atom. The average molecular weight is 1040 g/mol. The van der Waals surface area contributed by atoms with Crippen LogP contribution in [0.15, 0.2) is 169 Å². The normalized spacial score (nSPS) is 13.3. The van der Waals surface area contributed by atoms with Gasteiger partial charge in [0.25, 0.3) is 0 Å². The summed E-state index contributed by atoms with van der Waals surface area (Å²) in [6, 6.07) is 52.7. The number of thiophene rings is 2. The summed E-state index contributed by atoms with van der Waals surface area (Å²) in [5.41, 5.74) is 13.7. The van der Waals surface area contributed by atoms with Gasteiger partial charge in [0, 0.05) is 69.9 Å². The van der Waals surface area contributed by atoms with Crippen molar-refractivity contribution in [3.05, 3.63) is 144 Å². The van der Waals surface area contributed by atoms with Crippen LogP contribution >= 0.6 is 58.0 Å². The number of anilines is 6. The van der Waals surface area contributed by atoms with E-state index in [4.69, 9.17) is 0 Å². The topological polar surface area (TPSA) is 26.8 Å². The zero-order chi connectivity index (χ0) is 49.0. The van der Waals surface area contributed by atoms with Crippen molar-refractivity contribution in [2.75, 3.05) is 34.3 Å². The smallest absolute Gasteiger partial charge is 0.160 e. The second kappa shape index (κ2) is 22.5. The van der Waals surface area contributed by atoms with Gasteiger partial charge in [-0.1, -0.05) is 168 Å². The Hall–Kier alpha value is -5.16. The van der Waals surface area contributed by atoms with Crippen LogP contribution in [0, 0.1) is 0 Å². The molecular formula is C63H63N3OS5. The quantitative estimate of drug-likeness (QED) is 0.0554. The van der Waals surface area contributed by atoms with Gasteiger partial charge in [-0.3, -0.25) is 4.79 Å². The van der Waals surface area contributed by atoms with Crippen LogP contribution < -0.4 is 14.7 Å². The van der Waals surface area contributed by atoms with Crippen LogP contribution in [0.3, 0.4) is 0 Å². The molecule has 6 aromatic carbocycles. The molecule has 0 fully saturated rings. The summed E-state index contributed by atoms with van der Waals surface area (Å²) in [5.74, 6) is 0. The maximum atomic E-state index is 12.8. The molecule has 3 aliphatic heterocycles. The monoisotopic (exact) mass is 1040 g/mol. The lowest BCUT2D eigenvalue weighted by Gasteiger charge is -2.33. The number of carbonyl (C=O) groups is 1. The van der Waals surface area contributed by atoms with Crippen molar-refractivity contribution in [3.63, 3.8) is 0 Å². The molecule has 0 radical (unpaired) electrons. The summed E-state index contributed by atoms with van der Waals surface area (Å²) in [4.78, 5) is 32.6. The number of rotatable bonds is 20. The molecule has 5 heterocycles. The Balaban J connectivity index is 1.02. The van der Waals surface area contributed by atoms with E-state index in [-0.39, 0.29) is 0 Å². The zero-order valence-electron chi connectivity index (χ0n) is 41.8. The number of unbranched alkanes of at least 4 members (excludes halogenated alkanes) is 9. The molecule has 0 N–H and O–H groups in total. The number of hydrogen-bond acceptors (Lipinski definition) is 9. The second-order valence-corrected chi connectivity index (χ2v) is 24.6. The highest BCUT2D eigenvalue weighted by Gasteiger charge is 2.29. The first-order valence-electron chi connectivity index (χ1n) is 26.3. The number of para-hydroxylation sites is 3. The van der Waals surface area contributed by atoms with E-state index < -0.39 is 0 Å². The van der Waals surface area contributed by atoms with Gasteiger partial charge in [0.05, 0.1) is 43.9 Å². The third kappa shape index (κ3) is 9.97. The van der Waals surface area contributed by atoms with Crippen molar-refractivity contribution in [1.82, 2.24) is 0 Å². The molecule has 0 aliphatic carbocycles. The molecule has 8 aromatic rings. The molecule has 0 unspecified atom stereocenters. The first kappa shape index (κ1) is 49.1. The predicted molar refractivity (Wildman–Crippen MR) is 314 cm³/mol. The van der Waals surface area contributed by atoms with Crippen LogP contribution in [-0.4, -0.2) is 25.9 Å². The number of carbonyl (C=O) groups excluding carboxylic acids is 1. The minimum atomic E-state index is 0.746.